The molecule has 0 saturated carbocycles. The van der Waals surface area contributed by atoms with Gasteiger partial charge >= 0.3 is 0 Å². The largest absolute Gasteiger partial charge is 0.384 e. The number of anilines is 1. The van der Waals surface area contributed by atoms with Crippen LogP contribution in [0.15, 0.2) is 39.4 Å². The Morgan fingerprint density at radius 2 is 2.17 bits per heavy atom. The van der Waals surface area contributed by atoms with E-state index in [-0.39, 0.29) is 5.78 Å². The molecule has 0 bridgehead atoms. The monoisotopic (exact) mass is 427 g/mol. The summed E-state index contributed by atoms with van der Waals surface area (Å²) in [6.45, 7) is 4.18. The molecule has 1 atom stereocenters. The van der Waals surface area contributed by atoms with Gasteiger partial charge in [-0.2, -0.15) is 10.4 Å². The van der Waals surface area contributed by atoms with Gasteiger partial charge in [-0.15, -0.1) is 10.2 Å². The number of allylic oxidation sites excluding steroid dienone is 3. The van der Waals surface area contributed by atoms with Gasteiger partial charge < -0.3 is 5.73 Å². The minimum atomic E-state index is -0.495. The van der Waals surface area contributed by atoms with E-state index in [0.717, 1.165) is 22.0 Å². The Kier molecular flexibility index (Phi) is 5.19. The van der Waals surface area contributed by atoms with Crippen molar-refractivity contribution in [1.29, 1.82) is 5.26 Å². The number of carbonyl (C=O) groups is 1. The number of nitriles is 1. The van der Waals surface area contributed by atoms with Gasteiger partial charge in [-0.05, 0) is 12.8 Å². The van der Waals surface area contributed by atoms with Crippen molar-refractivity contribution in [3.63, 3.8) is 0 Å². The highest BCUT2D eigenvalue weighted by atomic mass is 32.2. The number of hydrogen-bond donors (Lipinski definition) is 1. The molecular weight excluding hydrogens is 406 g/mol. The first-order valence-corrected chi connectivity index (χ1v) is 11.0. The van der Waals surface area contributed by atoms with E-state index < -0.39 is 5.92 Å². The second-order valence-electron chi connectivity index (χ2n) is 7.28. The first kappa shape index (κ1) is 19.7. The number of carbonyl (C=O) groups excluding carboxylic acids is 1. The number of thioether (sulfide) groups is 1. The molecule has 1 aliphatic carbocycles. The van der Waals surface area contributed by atoms with E-state index >= 15 is 0 Å². The Hall–Kier alpha value is -2.64. The summed E-state index contributed by atoms with van der Waals surface area (Å²) in [4.78, 5) is 14.8. The van der Waals surface area contributed by atoms with Crippen molar-refractivity contribution in [2.24, 2.45) is 12.8 Å². The van der Waals surface area contributed by atoms with E-state index in [1.807, 2.05) is 13.2 Å². The normalized spacial score (nSPS) is 19.8. The molecule has 0 aromatic carbocycles. The SMILES string of the molecule is CC(C)Sc1nnc(N2C(N)=C(C#N)C(c3cnn(C)c3)C3=C2CCCC3=O)s1. The molecule has 0 saturated heterocycles. The summed E-state index contributed by atoms with van der Waals surface area (Å²) in [5.74, 6) is -0.135. The van der Waals surface area contributed by atoms with Crippen LogP contribution in [0.2, 0.25) is 0 Å². The second kappa shape index (κ2) is 7.65. The average Bonchev–Trinajstić information content (AvgIpc) is 3.29. The van der Waals surface area contributed by atoms with Gasteiger partial charge in [0.15, 0.2) is 10.1 Å². The van der Waals surface area contributed by atoms with Crippen LogP contribution >= 0.6 is 23.1 Å². The lowest BCUT2D eigenvalue weighted by Gasteiger charge is -2.37. The summed E-state index contributed by atoms with van der Waals surface area (Å²) in [6.07, 6.45) is 5.44. The van der Waals surface area contributed by atoms with Gasteiger partial charge in [0.1, 0.15) is 5.82 Å². The summed E-state index contributed by atoms with van der Waals surface area (Å²) in [5.41, 5.74) is 9.10. The van der Waals surface area contributed by atoms with E-state index in [2.05, 4.69) is 35.2 Å². The van der Waals surface area contributed by atoms with Crippen LogP contribution in [0.4, 0.5) is 5.13 Å². The third-order valence-electron chi connectivity index (χ3n) is 4.90. The number of aromatic nitrogens is 4. The van der Waals surface area contributed by atoms with Crippen LogP contribution in [0.25, 0.3) is 0 Å². The third kappa shape index (κ3) is 3.45. The minimum absolute atomic E-state index is 0.0478. The Balaban J connectivity index is 1.88. The predicted octanol–water partition coefficient (Wildman–Crippen LogP) is 3.08. The molecular formula is C19H21N7OS2. The fraction of sp³-hybridized carbons (Fsp3) is 0.421. The predicted molar refractivity (Wildman–Crippen MR) is 112 cm³/mol. The lowest BCUT2D eigenvalue weighted by atomic mass is 9.76. The smallest absolute Gasteiger partial charge is 0.219 e. The zero-order valence-electron chi connectivity index (χ0n) is 16.4. The van der Waals surface area contributed by atoms with Gasteiger partial charge in [-0.25, -0.2) is 0 Å². The van der Waals surface area contributed by atoms with Crippen LogP contribution in [0.3, 0.4) is 0 Å². The molecule has 2 N–H and O–H groups in total. The maximum atomic E-state index is 13.0. The molecule has 3 heterocycles. The number of rotatable bonds is 4. The summed E-state index contributed by atoms with van der Waals surface area (Å²) >= 11 is 3.05. The first-order chi connectivity index (χ1) is 13.9. The third-order valence-corrected chi connectivity index (χ3v) is 6.89. The quantitative estimate of drug-likeness (QED) is 0.741. The summed E-state index contributed by atoms with van der Waals surface area (Å²) < 4.78 is 2.50. The van der Waals surface area contributed by atoms with Crippen LogP contribution in [0.1, 0.15) is 44.6 Å². The lowest BCUT2D eigenvalue weighted by molar-refractivity contribution is -0.116. The highest BCUT2D eigenvalue weighted by Gasteiger charge is 2.41. The Morgan fingerprint density at radius 3 is 2.83 bits per heavy atom. The van der Waals surface area contributed by atoms with Crippen molar-refractivity contribution in [3.8, 4) is 6.07 Å². The topological polar surface area (TPSA) is 114 Å². The number of Topliss-reactive ketones (excluding diaryl/α,β-unsaturated/α-hetero) is 1. The van der Waals surface area contributed by atoms with Crippen molar-refractivity contribution in [3.05, 3.63) is 40.6 Å². The van der Waals surface area contributed by atoms with Gasteiger partial charge in [0.05, 0.1) is 23.8 Å². The van der Waals surface area contributed by atoms with E-state index in [4.69, 9.17) is 5.73 Å². The van der Waals surface area contributed by atoms with Gasteiger partial charge in [0, 0.05) is 41.7 Å². The Labute approximate surface area is 177 Å². The van der Waals surface area contributed by atoms with Crippen molar-refractivity contribution >= 4 is 34.0 Å². The summed E-state index contributed by atoms with van der Waals surface area (Å²) in [7, 11) is 1.81. The van der Waals surface area contributed by atoms with Crippen LogP contribution in [-0.4, -0.2) is 31.0 Å². The van der Waals surface area contributed by atoms with Crippen LogP contribution in [0, 0.1) is 11.3 Å². The molecule has 2 aromatic heterocycles. The van der Waals surface area contributed by atoms with Crippen molar-refractivity contribution in [2.45, 2.75) is 48.6 Å². The molecule has 1 unspecified atom stereocenters. The van der Waals surface area contributed by atoms with Gasteiger partial charge in [0.2, 0.25) is 5.13 Å². The molecule has 10 heteroatoms. The number of hydrogen-bond acceptors (Lipinski definition) is 9. The number of nitrogens with zero attached hydrogens (tertiary/aromatic N) is 6. The average molecular weight is 428 g/mol. The highest BCUT2D eigenvalue weighted by molar-refractivity contribution is 8.01. The second-order valence-corrected chi connectivity index (χ2v) is 10.1. The molecule has 8 nitrogen and oxygen atoms in total. The fourth-order valence-corrected chi connectivity index (χ4v) is 5.87. The van der Waals surface area contributed by atoms with E-state index in [9.17, 15) is 10.1 Å². The van der Waals surface area contributed by atoms with Crippen LogP contribution in [0.5, 0.6) is 0 Å². The maximum Gasteiger partial charge on any atom is 0.219 e. The van der Waals surface area contributed by atoms with Crippen LogP contribution in [-0.2, 0) is 11.8 Å². The fourth-order valence-electron chi connectivity index (χ4n) is 3.77. The number of aryl methyl sites for hydroxylation is 1. The molecule has 0 amide bonds. The van der Waals surface area contributed by atoms with Crippen molar-refractivity contribution in [2.75, 3.05) is 4.90 Å². The van der Waals surface area contributed by atoms with Crippen molar-refractivity contribution < 1.29 is 4.79 Å². The molecule has 2 aromatic rings. The molecule has 29 heavy (non-hydrogen) atoms. The van der Waals surface area contributed by atoms with Crippen LogP contribution < -0.4 is 10.6 Å². The molecule has 4 rings (SSSR count). The van der Waals surface area contributed by atoms with Gasteiger partial charge in [-0.3, -0.25) is 14.4 Å². The molecule has 2 aliphatic rings. The van der Waals surface area contributed by atoms with E-state index in [0.29, 0.717) is 40.2 Å². The Bertz CT molecular complexity index is 1070. The number of nitrogens with two attached hydrogens (primary N) is 1. The zero-order valence-corrected chi connectivity index (χ0v) is 18.0. The summed E-state index contributed by atoms with van der Waals surface area (Å²) in [5, 5.41) is 23.7. The first-order valence-electron chi connectivity index (χ1n) is 9.35. The summed E-state index contributed by atoms with van der Waals surface area (Å²) in [6, 6.07) is 2.24. The van der Waals surface area contributed by atoms with E-state index in [1.54, 1.807) is 27.5 Å². The van der Waals surface area contributed by atoms with Gasteiger partial charge in [0.25, 0.3) is 0 Å². The molecule has 150 valence electrons. The highest BCUT2D eigenvalue weighted by Crippen LogP contribution is 2.47. The molecule has 0 fully saturated rings. The molecule has 0 radical (unpaired) electrons. The standard InChI is InChI=1S/C19H21N7OS2/c1-10(2)28-19-24-23-18(29-19)26-13-5-4-6-14(27)16(13)15(12(7-20)17(26)21)11-8-22-25(3)9-11/h8-10,15H,4-6,21H2,1-3H3. The van der Waals surface area contributed by atoms with E-state index in [1.165, 1.54) is 11.3 Å². The van der Waals surface area contributed by atoms with Crippen molar-refractivity contribution in [1.82, 2.24) is 20.0 Å². The zero-order chi connectivity index (χ0) is 20.7. The molecule has 0 spiro atoms. The minimum Gasteiger partial charge on any atom is -0.384 e. The van der Waals surface area contributed by atoms with Gasteiger partial charge in [-0.1, -0.05) is 36.9 Å². The lowest BCUT2D eigenvalue weighted by Crippen LogP contribution is -2.38. The maximum absolute atomic E-state index is 13.0. The Morgan fingerprint density at radius 1 is 1.38 bits per heavy atom. The molecule has 1 aliphatic heterocycles. The number of ketones is 1.